The van der Waals surface area contributed by atoms with Gasteiger partial charge in [0, 0.05) is 11.5 Å². The van der Waals surface area contributed by atoms with Crippen molar-refractivity contribution in [3.63, 3.8) is 0 Å². The lowest BCUT2D eigenvalue weighted by Gasteiger charge is -2.00. The maximum Gasteiger partial charge on any atom is 0.192 e. The molecule has 0 fully saturated rings. The van der Waals surface area contributed by atoms with Crippen LogP contribution in [0.5, 0.6) is 0 Å². The molecule has 0 bridgehead atoms. The minimum Gasteiger partial charge on any atom is -0.383 e. The molecule has 1 aromatic heterocycles. The van der Waals surface area contributed by atoms with Crippen molar-refractivity contribution in [2.24, 2.45) is 4.99 Å². The van der Waals surface area contributed by atoms with Crippen LogP contribution in [0, 0.1) is 0 Å². The highest BCUT2D eigenvalue weighted by atomic mass is 15.0. The molecule has 3 rings (SSSR count). The topological polar surface area (TPSA) is 80.8 Å². The van der Waals surface area contributed by atoms with Gasteiger partial charge in [-0.3, -0.25) is 5.32 Å². The van der Waals surface area contributed by atoms with E-state index in [2.05, 4.69) is 15.0 Å². The van der Waals surface area contributed by atoms with Crippen LogP contribution in [0.1, 0.15) is 0 Å². The highest BCUT2D eigenvalue weighted by molar-refractivity contribution is 5.94. The molecule has 2 heterocycles. The highest BCUT2D eigenvalue weighted by Gasteiger charge is 2.13. The lowest BCUT2D eigenvalue weighted by molar-refractivity contribution is -0.427. The smallest absolute Gasteiger partial charge is 0.192 e. The lowest BCUT2D eigenvalue weighted by Crippen LogP contribution is -2.74. The number of fused-ring (bicyclic) bond motifs is 2. The van der Waals surface area contributed by atoms with E-state index in [1.807, 2.05) is 17.4 Å². The van der Waals surface area contributed by atoms with Crippen molar-refractivity contribution < 1.29 is 5.32 Å². The molecular weight excluding hydrogens is 178 g/mol. The maximum atomic E-state index is 5.74. The maximum absolute atomic E-state index is 5.74. The summed E-state index contributed by atoms with van der Waals surface area (Å²) in [6, 6.07) is 3.88. The van der Waals surface area contributed by atoms with E-state index in [0.29, 0.717) is 5.82 Å². The first-order valence-electron chi connectivity index (χ1n) is 4.26. The summed E-state index contributed by atoms with van der Waals surface area (Å²) in [6.07, 6.45) is 3.24. The van der Waals surface area contributed by atoms with Crippen molar-refractivity contribution in [2.45, 2.75) is 0 Å². The molecule has 0 saturated heterocycles. The number of nitrogens with zero attached hydrogens (tertiary/aromatic N) is 3. The quantitative estimate of drug-likeness (QED) is 0.572. The number of aliphatic imine (C=N–C) groups is 1. The normalized spacial score (nSPS) is 13.4. The van der Waals surface area contributed by atoms with Crippen LogP contribution in [0.25, 0.3) is 10.9 Å². The summed E-state index contributed by atoms with van der Waals surface area (Å²) in [5, 5.41) is 2.81. The van der Waals surface area contributed by atoms with Crippen LogP contribution in [-0.4, -0.2) is 16.3 Å². The number of hydrogen-bond acceptors (Lipinski definition) is 4. The van der Waals surface area contributed by atoms with Crippen molar-refractivity contribution in [3.05, 3.63) is 18.5 Å². The van der Waals surface area contributed by atoms with Crippen molar-refractivity contribution in [3.8, 4) is 0 Å². The van der Waals surface area contributed by atoms with E-state index in [0.717, 1.165) is 22.3 Å². The Bertz CT molecular complexity index is 546. The second kappa shape index (κ2) is 2.49. The molecular formula is C9H8N5+. The molecule has 0 aliphatic carbocycles. The Hall–Kier alpha value is -2.01. The number of benzene rings is 1. The third-order valence-electron chi connectivity index (χ3n) is 2.28. The molecule has 1 aliphatic heterocycles. The fourth-order valence-corrected chi connectivity index (χ4v) is 1.57. The SMILES string of the molecule is Nc1ncnc2cc3c(cc12)N=C[NH2+]3. The minimum atomic E-state index is 0.500. The molecule has 0 unspecified atom stereocenters. The van der Waals surface area contributed by atoms with E-state index in [1.54, 1.807) is 6.34 Å². The molecule has 4 N–H and O–H groups in total. The van der Waals surface area contributed by atoms with Gasteiger partial charge in [-0.15, -0.1) is 0 Å². The summed E-state index contributed by atoms with van der Waals surface area (Å²) in [5.74, 6) is 0.500. The van der Waals surface area contributed by atoms with E-state index in [1.165, 1.54) is 6.33 Å². The van der Waals surface area contributed by atoms with Gasteiger partial charge in [-0.25, -0.2) is 9.97 Å². The van der Waals surface area contributed by atoms with E-state index < -0.39 is 0 Å². The molecule has 5 nitrogen and oxygen atoms in total. The molecule has 0 spiro atoms. The molecule has 0 amide bonds. The fourth-order valence-electron chi connectivity index (χ4n) is 1.57. The Kier molecular flexibility index (Phi) is 1.32. The third kappa shape index (κ3) is 0.898. The van der Waals surface area contributed by atoms with Crippen molar-refractivity contribution >= 4 is 34.4 Å². The first kappa shape index (κ1) is 7.40. The Morgan fingerprint density at radius 1 is 1.21 bits per heavy atom. The fraction of sp³-hybridized carbons (Fsp3) is 0. The molecule has 1 aromatic carbocycles. The zero-order chi connectivity index (χ0) is 9.54. The highest BCUT2D eigenvalue weighted by Crippen LogP contribution is 2.29. The molecule has 1 aliphatic rings. The minimum absolute atomic E-state index is 0.500. The Labute approximate surface area is 79.7 Å². The molecule has 0 saturated carbocycles. The number of quaternary nitrogens is 1. The van der Waals surface area contributed by atoms with Gasteiger partial charge in [-0.1, -0.05) is 0 Å². The second-order valence-electron chi connectivity index (χ2n) is 3.13. The summed E-state index contributed by atoms with van der Waals surface area (Å²) in [6.45, 7) is 0. The van der Waals surface area contributed by atoms with Gasteiger partial charge in [0.15, 0.2) is 12.0 Å². The summed E-state index contributed by atoms with van der Waals surface area (Å²) in [5.41, 5.74) is 8.61. The van der Waals surface area contributed by atoms with Crippen LogP contribution in [0.4, 0.5) is 17.2 Å². The number of nitrogens with two attached hydrogens (primary N) is 2. The van der Waals surface area contributed by atoms with Gasteiger partial charge < -0.3 is 5.73 Å². The first-order valence-corrected chi connectivity index (χ1v) is 4.26. The van der Waals surface area contributed by atoms with E-state index in [9.17, 15) is 0 Å². The van der Waals surface area contributed by atoms with Gasteiger partial charge in [0.1, 0.15) is 17.8 Å². The van der Waals surface area contributed by atoms with Crippen LogP contribution in [-0.2, 0) is 0 Å². The second-order valence-corrected chi connectivity index (χ2v) is 3.13. The van der Waals surface area contributed by atoms with Crippen LogP contribution in [0.15, 0.2) is 23.5 Å². The molecule has 0 atom stereocenters. The van der Waals surface area contributed by atoms with Gasteiger partial charge >= 0.3 is 0 Å². The number of aromatic nitrogens is 2. The molecule has 5 heteroatoms. The van der Waals surface area contributed by atoms with Crippen molar-refractivity contribution in [1.29, 1.82) is 0 Å². The van der Waals surface area contributed by atoms with E-state index in [-0.39, 0.29) is 0 Å². The van der Waals surface area contributed by atoms with Gasteiger partial charge in [-0.05, 0) is 6.07 Å². The number of hydrogen-bond donors (Lipinski definition) is 2. The van der Waals surface area contributed by atoms with Crippen LogP contribution in [0.3, 0.4) is 0 Å². The number of rotatable bonds is 0. The van der Waals surface area contributed by atoms with Crippen LogP contribution >= 0.6 is 0 Å². The monoisotopic (exact) mass is 186 g/mol. The van der Waals surface area contributed by atoms with Gasteiger partial charge in [-0.2, -0.15) is 4.99 Å². The van der Waals surface area contributed by atoms with Crippen molar-refractivity contribution in [1.82, 2.24) is 9.97 Å². The average Bonchev–Trinajstić information content (AvgIpc) is 2.62. The summed E-state index contributed by atoms with van der Waals surface area (Å²) >= 11 is 0. The Balaban J connectivity index is 2.43. The third-order valence-corrected chi connectivity index (χ3v) is 2.28. The first-order chi connectivity index (χ1) is 6.84. The number of nitrogen functional groups attached to an aromatic ring is 1. The van der Waals surface area contributed by atoms with Crippen LogP contribution in [0.2, 0.25) is 0 Å². The largest absolute Gasteiger partial charge is 0.383 e. The van der Waals surface area contributed by atoms with Gasteiger partial charge in [0.25, 0.3) is 0 Å². The molecule has 2 aromatic rings. The lowest BCUT2D eigenvalue weighted by atomic mass is 10.2. The molecule has 14 heavy (non-hydrogen) atoms. The zero-order valence-electron chi connectivity index (χ0n) is 7.31. The summed E-state index contributed by atoms with van der Waals surface area (Å²) < 4.78 is 0. The average molecular weight is 186 g/mol. The Morgan fingerprint density at radius 3 is 3.07 bits per heavy atom. The van der Waals surface area contributed by atoms with Gasteiger partial charge in [0.2, 0.25) is 0 Å². The molecule has 68 valence electrons. The standard InChI is InChI=1S/C9H7N5/c10-9-5-1-7-8(13-3-12-7)2-6(5)11-4-14-9/h1-4H,(H,12,13)(H2,10,11,14)/p+1. The predicted molar refractivity (Wildman–Crippen MR) is 53.7 cm³/mol. The van der Waals surface area contributed by atoms with Gasteiger partial charge in [0.05, 0.1) is 5.52 Å². The van der Waals surface area contributed by atoms with E-state index in [4.69, 9.17) is 5.73 Å². The van der Waals surface area contributed by atoms with Crippen LogP contribution < -0.4 is 11.1 Å². The number of anilines is 1. The van der Waals surface area contributed by atoms with Crippen molar-refractivity contribution in [2.75, 3.05) is 5.73 Å². The predicted octanol–water partition coefficient (Wildman–Crippen LogP) is 0.0803. The van der Waals surface area contributed by atoms with E-state index >= 15 is 0 Å². The Morgan fingerprint density at radius 2 is 2.14 bits per heavy atom. The zero-order valence-corrected chi connectivity index (χ0v) is 7.31. The summed E-state index contributed by atoms with van der Waals surface area (Å²) in [4.78, 5) is 12.3. The molecule has 0 radical (unpaired) electrons. The summed E-state index contributed by atoms with van der Waals surface area (Å²) in [7, 11) is 0.